The summed E-state index contributed by atoms with van der Waals surface area (Å²) in [4.78, 5) is 23.0. The maximum atomic E-state index is 12.1. The molecule has 19 heavy (non-hydrogen) atoms. The molecule has 0 bridgehead atoms. The van der Waals surface area contributed by atoms with Gasteiger partial charge >= 0.3 is 5.97 Å². The summed E-state index contributed by atoms with van der Waals surface area (Å²) < 4.78 is 9.60. The molecule has 0 saturated heterocycles. The molecule has 0 aromatic heterocycles. The lowest BCUT2D eigenvalue weighted by Crippen LogP contribution is -2.06. The number of esters is 1. The molecule has 0 amide bonds. The Kier molecular flexibility index (Phi) is 6.12. The van der Waals surface area contributed by atoms with E-state index in [-0.39, 0.29) is 29.6 Å². The Morgan fingerprint density at radius 3 is 2.42 bits per heavy atom. The lowest BCUT2D eigenvalue weighted by atomic mass is 10.0. The summed E-state index contributed by atoms with van der Waals surface area (Å²) in [5.74, 6) is -0.204. The van der Waals surface area contributed by atoms with Crippen LogP contribution in [0.1, 0.15) is 29.6 Å². The molecule has 0 aliphatic heterocycles. The lowest BCUT2D eigenvalue weighted by molar-refractivity contribution is -0.140. The topological polar surface area (TPSA) is 52.6 Å². The van der Waals surface area contributed by atoms with Crippen LogP contribution >= 0.6 is 23.2 Å². The molecule has 1 rings (SSSR count). The van der Waals surface area contributed by atoms with Gasteiger partial charge in [0.2, 0.25) is 0 Å². The highest BCUT2D eigenvalue weighted by molar-refractivity contribution is 6.37. The van der Waals surface area contributed by atoms with E-state index in [9.17, 15) is 9.59 Å². The average molecular weight is 305 g/mol. The second-order valence-corrected chi connectivity index (χ2v) is 4.66. The van der Waals surface area contributed by atoms with Gasteiger partial charge in [-0.3, -0.25) is 9.59 Å². The van der Waals surface area contributed by atoms with Crippen molar-refractivity contribution in [3.8, 4) is 5.75 Å². The van der Waals surface area contributed by atoms with Crippen LogP contribution < -0.4 is 4.74 Å². The van der Waals surface area contributed by atoms with E-state index < -0.39 is 0 Å². The fourth-order valence-electron chi connectivity index (χ4n) is 1.60. The second-order valence-electron chi connectivity index (χ2n) is 3.82. The minimum absolute atomic E-state index is 0.187. The van der Waals surface area contributed by atoms with E-state index >= 15 is 0 Å². The van der Waals surface area contributed by atoms with Gasteiger partial charge in [0.15, 0.2) is 5.78 Å². The van der Waals surface area contributed by atoms with Crippen molar-refractivity contribution < 1.29 is 19.1 Å². The summed E-state index contributed by atoms with van der Waals surface area (Å²) in [5.41, 5.74) is 0.290. The van der Waals surface area contributed by atoms with Gasteiger partial charge < -0.3 is 9.47 Å². The Balaban J connectivity index is 2.79. The van der Waals surface area contributed by atoms with Gasteiger partial charge in [0, 0.05) is 17.9 Å². The summed E-state index contributed by atoms with van der Waals surface area (Å²) >= 11 is 11.8. The van der Waals surface area contributed by atoms with Crippen LogP contribution in [0.15, 0.2) is 12.1 Å². The molecule has 0 heterocycles. The molecule has 1 aromatic carbocycles. The number of ketones is 1. The van der Waals surface area contributed by atoms with Crippen molar-refractivity contribution in [3.05, 3.63) is 27.7 Å². The normalized spacial score (nSPS) is 10.1. The first-order valence-corrected chi connectivity index (χ1v) is 6.38. The quantitative estimate of drug-likeness (QED) is 0.596. The molecule has 0 spiro atoms. The smallest absolute Gasteiger partial charge is 0.305 e. The van der Waals surface area contributed by atoms with Crippen molar-refractivity contribution in [1.82, 2.24) is 0 Å². The minimum atomic E-state index is -0.345. The number of Topliss-reactive ketones (excluding diaryl/α,β-unsaturated/α-hetero) is 1. The number of carbonyl (C=O) groups excluding carboxylic acids is 2. The van der Waals surface area contributed by atoms with Crippen molar-refractivity contribution in [1.29, 1.82) is 0 Å². The van der Waals surface area contributed by atoms with E-state index in [2.05, 4.69) is 4.74 Å². The molecule has 104 valence electrons. The van der Waals surface area contributed by atoms with Crippen LogP contribution in [0.5, 0.6) is 5.75 Å². The van der Waals surface area contributed by atoms with E-state index in [1.165, 1.54) is 26.4 Å². The van der Waals surface area contributed by atoms with Crippen LogP contribution in [-0.4, -0.2) is 26.0 Å². The summed E-state index contributed by atoms with van der Waals surface area (Å²) in [6.45, 7) is 0. The van der Waals surface area contributed by atoms with Crippen LogP contribution in [0.2, 0.25) is 10.0 Å². The van der Waals surface area contributed by atoms with E-state index in [0.717, 1.165) is 0 Å². The first-order valence-electron chi connectivity index (χ1n) is 5.62. The third kappa shape index (κ3) is 4.40. The first-order chi connectivity index (χ1) is 8.99. The SMILES string of the molecule is COC(=O)CCCC(=O)c1c(Cl)cc(Cl)cc1OC. The number of hydrogen-bond acceptors (Lipinski definition) is 4. The fraction of sp³-hybridized carbons (Fsp3) is 0.385. The highest BCUT2D eigenvalue weighted by Crippen LogP contribution is 2.32. The van der Waals surface area contributed by atoms with Crippen molar-refractivity contribution in [2.45, 2.75) is 19.3 Å². The van der Waals surface area contributed by atoms with Gasteiger partial charge in [-0.05, 0) is 18.6 Å². The maximum Gasteiger partial charge on any atom is 0.305 e. The van der Waals surface area contributed by atoms with Crippen molar-refractivity contribution in [2.75, 3.05) is 14.2 Å². The molecule has 0 aliphatic carbocycles. The summed E-state index contributed by atoms with van der Waals surface area (Å²) in [7, 11) is 2.75. The maximum absolute atomic E-state index is 12.1. The minimum Gasteiger partial charge on any atom is -0.496 e. The molecule has 4 nitrogen and oxygen atoms in total. The molecular weight excluding hydrogens is 291 g/mol. The Morgan fingerprint density at radius 1 is 1.16 bits per heavy atom. The number of carbonyl (C=O) groups is 2. The van der Waals surface area contributed by atoms with Crippen molar-refractivity contribution in [3.63, 3.8) is 0 Å². The number of hydrogen-bond donors (Lipinski definition) is 0. The van der Waals surface area contributed by atoms with Gasteiger partial charge in [0.1, 0.15) is 5.75 Å². The van der Waals surface area contributed by atoms with Gasteiger partial charge in [0.25, 0.3) is 0 Å². The molecule has 0 aliphatic rings. The Morgan fingerprint density at radius 2 is 1.84 bits per heavy atom. The molecule has 0 saturated carbocycles. The Bertz CT molecular complexity index is 486. The molecule has 0 N–H and O–H groups in total. The third-order valence-corrected chi connectivity index (χ3v) is 3.05. The number of benzene rings is 1. The molecule has 6 heteroatoms. The molecule has 1 aromatic rings. The van der Waals surface area contributed by atoms with Crippen molar-refractivity contribution >= 4 is 35.0 Å². The monoisotopic (exact) mass is 304 g/mol. The fourth-order valence-corrected chi connectivity index (χ4v) is 2.18. The summed E-state index contributed by atoms with van der Waals surface area (Å²) in [6.07, 6.45) is 0.774. The summed E-state index contributed by atoms with van der Waals surface area (Å²) in [5, 5.41) is 0.639. The van der Waals surface area contributed by atoms with Gasteiger partial charge in [-0.15, -0.1) is 0 Å². The number of halogens is 2. The molecule has 0 atom stereocenters. The molecule has 0 unspecified atom stereocenters. The molecular formula is C13H14Cl2O4. The highest BCUT2D eigenvalue weighted by atomic mass is 35.5. The predicted molar refractivity (Wildman–Crippen MR) is 73.2 cm³/mol. The Hall–Kier alpha value is -1.26. The second kappa shape index (κ2) is 7.36. The van der Waals surface area contributed by atoms with E-state index in [4.69, 9.17) is 27.9 Å². The zero-order valence-corrected chi connectivity index (χ0v) is 12.2. The number of methoxy groups -OCH3 is 2. The van der Waals surface area contributed by atoms with Crippen LogP contribution in [0.3, 0.4) is 0 Å². The third-order valence-electron chi connectivity index (χ3n) is 2.53. The van der Waals surface area contributed by atoms with Gasteiger partial charge in [0.05, 0.1) is 24.8 Å². The van der Waals surface area contributed by atoms with E-state index in [1.54, 1.807) is 0 Å². The highest BCUT2D eigenvalue weighted by Gasteiger charge is 2.17. The van der Waals surface area contributed by atoms with Gasteiger partial charge in [-0.2, -0.15) is 0 Å². The zero-order valence-electron chi connectivity index (χ0n) is 10.7. The standard InChI is InChI=1S/C13H14Cl2O4/c1-18-11-7-8(14)6-9(15)13(11)10(16)4-3-5-12(17)19-2/h6-7H,3-5H2,1-2H3. The number of ether oxygens (including phenoxy) is 2. The predicted octanol–water partition coefficient (Wildman–Crippen LogP) is 3.53. The van der Waals surface area contributed by atoms with Crippen LogP contribution in [0, 0.1) is 0 Å². The number of rotatable bonds is 6. The summed E-state index contributed by atoms with van der Waals surface area (Å²) in [6, 6.07) is 3.01. The van der Waals surface area contributed by atoms with Crippen LogP contribution in [-0.2, 0) is 9.53 Å². The van der Waals surface area contributed by atoms with Crippen molar-refractivity contribution in [2.24, 2.45) is 0 Å². The van der Waals surface area contributed by atoms with E-state index in [0.29, 0.717) is 22.8 Å². The molecule has 0 radical (unpaired) electrons. The Labute approximate surface area is 121 Å². The van der Waals surface area contributed by atoms with Gasteiger partial charge in [-0.25, -0.2) is 0 Å². The van der Waals surface area contributed by atoms with Crippen LogP contribution in [0.4, 0.5) is 0 Å². The molecule has 0 fully saturated rings. The average Bonchev–Trinajstić information content (AvgIpc) is 2.37. The largest absolute Gasteiger partial charge is 0.496 e. The van der Waals surface area contributed by atoms with E-state index in [1.807, 2.05) is 0 Å². The van der Waals surface area contributed by atoms with Gasteiger partial charge in [-0.1, -0.05) is 23.2 Å². The van der Waals surface area contributed by atoms with Crippen LogP contribution in [0.25, 0.3) is 0 Å². The first kappa shape index (κ1) is 15.8. The zero-order chi connectivity index (χ0) is 14.4. The lowest BCUT2D eigenvalue weighted by Gasteiger charge is -2.10.